The molecule has 1 aliphatic rings. The summed E-state index contributed by atoms with van der Waals surface area (Å²) < 4.78 is 0. The molecule has 1 aliphatic carbocycles. The standard InChI is InChI=1S/C16H16O/c1-11-6-9-15-13(10-11)8-7-12-4-2-3-5-14(12)16(15)17/h2-6,9-10,16-17H,7-8H2,1H3. The van der Waals surface area contributed by atoms with Gasteiger partial charge in [-0.05, 0) is 42.0 Å². The smallest absolute Gasteiger partial charge is 0.105 e. The Hall–Kier alpha value is -1.60. The van der Waals surface area contributed by atoms with E-state index >= 15 is 0 Å². The molecule has 1 unspecified atom stereocenters. The molecule has 2 aromatic rings. The van der Waals surface area contributed by atoms with Gasteiger partial charge in [0.15, 0.2) is 0 Å². The van der Waals surface area contributed by atoms with Crippen molar-refractivity contribution in [1.82, 2.24) is 0 Å². The van der Waals surface area contributed by atoms with E-state index in [2.05, 4.69) is 31.2 Å². The first-order valence-electron chi connectivity index (χ1n) is 6.11. The molecule has 0 radical (unpaired) electrons. The van der Waals surface area contributed by atoms with Crippen molar-refractivity contribution in [3.63, 3.8) is 0 Å². The first-order chi connectivity index (χ1) is 8.25. The van der Waals surface area contributed by atoms with Crippen molar-refractivity contribution in [2.24, 2.45) is 0 Å². The topological polar surface area (TPSA) is 20.2 Å². The lowest BCUT2D eigenvalue weighted by molar-refractivity contribution is 0.219. The van der Waals surface area contributed by atoms with Crippen molar-refractivity contribution in [2.75, 3.05) is 0 Å². The molecule has 0 aromatic heterocycles. The molecule has 1 atom stereocenters. The Morgan fingerprint density at radius 1 is 0.941 bits per heavy atom. The predicted octanol–water partition coefficient (Wildman–Crippen LogP) is 3.18. The highest BCUT2D eigenvalue weighted by Crippen LogP contribution is 2.32. The van der Waals surface area contributed by atoms with Crippen molar-refractivity contribution in [2.45, 2.75) is 25.9 Å². The van der Waals surface area contributed by atoms with Crippen LogP contribution in [-0.2, 0) is 12.8 Å². The average molecular weight is 224 g/mol. The minimum Gasteiger partial charge on any atom is -0.384 e. The van der Waals surface area contributed by atoms with E-state index in [1.165, 1.54) is 16.7 Å². The lowest BCUT2D eigenvalue weighted by atomic mass is 9.96. The first-order valence-corrected chi connectivity index (χ1v) is 6.11. The fraction of sp³-hybridized carbons (Fsp3) is 0.250. The van der Waals surface area contributed by atoms with Crippen LogP contribution >= 0.6 is 0 Å². The molecule has 0 saturated carbocycles. The van der Waals surface area contributed by atoms with Crippen LogP contribution in [0.5, 0.6) is 0 Å². The van der Waals surface area contributed by atoms with Crippen molar-refractivity contribution in [3.05, 3.63) is 70.3 Å². The molecule has 1 N–H and O–H groups in total. The molecule has 0 saturated heterocycles. The van der Waals surface area contributed by atoms with Gasteiger partial charge in [0.2, 0.25) is 0 Å². The lowest BCUT2D eigenvalue weighted by Gasteiger charge is -2.14. The quantitative estimate of drug-likeness (QED) is 0.728. The predicted molar refractivity (Wildman–Crippen MR) is 69.1 cm³/mol. The van der Waals surface area contributed by atoms with Crippen molar-refractivity contribution in [3.8, 4) is 0 Å². The fourth-order valence-corrected chi connectivity index (χ4v) is 2.68. The molecule has 86 valence electrons. The molecular weight excluding hydrogens is 208 g/mol. The van der Waals surface area contributed by atoms with Crippen LogP contribution in [0.15, 0.2) is 42.5 Å². The number of fused-ring (bicyclic) bond motifs is 2. The van der Waals surface area contributed by atoms with E-state index in [1.807, 2.05) is 18.2 Å². The van der Waals surface area contributed by atoms with E-state index in [9.17, 15) is 5.11 Å². The molecule has 0 spiro atoms. The van der Waals surface area contributed by atoms with Gasteiger partial charge in [-0.3, -0.25) is 0 Å². The van der Waals surface area contributed by atoms with E-state index < -0.39 is 6.10 Å². The maximum Gasteiger partial charge on any atom is 0.105 e. The second kappa shape index (κ2) is 4.01. The summed E-state index contributed by atoms with van der Waals surface area (Å²) >= 11 is 0. The SMILES string of the molecule is Cc1ccc2c(c1)CCc1ccccc1C2O. The first kappa shape index (κ1) is 10.5. The van der Waals surface area contributed by atoms with Gasteiger partial charge < -0.3 is 5.11 Å². The minimum atomic E-state index is -0.468. The summed E-state index contributed by atoms with van der Waals surface area (Å²) in [6.45, 7) is 2.10. The number of hydrogen-bond acceptors (Lipinski definition) is 1. The second-order valence-electron chi connectivity index (χ2n) is 4.80. The number of benzene rings is 2. The van der Waals surface area contributed by atoms with Gasteiger partial charge in [-0.1, -0.05) is 48.0 Å². The fourth-order valence-electron chi connectivity index (χ4n) is 2.68. The zero-order chi connectivity index (χ0) is 11.8. The van der Waals surface area contributed by atoms with Crippen LogP contribution in [0.2, 0.25) is 0 Å². The Balaban J connectivity index is 2.16. The second-order valence-corrected chi connectivity index (χ2v) is 4.80. The van der Waals surface area contributed by atoms with Gasteiger partial charge in [0.1, 0.15) is 6.10 Å². The highest BCUT2D eigenvalue weighted by molar-refractivity contribution is 5.44. The molecule has 0 fully saturated rings. The van der Waals surface area contributed by atoms with Crippen molar-refractivity contribution in [1.29, 1.82) is 0 Å². The Morgan fingerprint density at radius 2 is 1.65 bits per heavy atom. The van der Waals surface area contributed by atoms with Crippen LogP contribution in [0.3, 0.4) is 0 Å². The summed E-state index contributed by atoms with van der Waals surface area (Å²) in [5, 5.41) is 10.5. The maximum atomic E-state index is 10.5. The highest BCUT2D eigenvalue weighted by Gasteiger charge is 2.20. The molecule has 0 aliphatic heterocycles. The minimum absolute atomic E-state index is 0.468. The zero-order valence-electron chi connectivity index (χ0n) is 9.98. The monoisotopic (exact) mass is 224 g/mol. The molecule has 2 aromatic carbocycles. The third kappa shape index (κ3) is 1.77. The summed E-state index contributed by atoms with van der Waals surface area (Å²) in [4.78, 5) is 0. The molecule has 17 heavy (non-hydrogen) atoms. The lowest BCUT2D eigenvalue weighted by Crippen LogP contribution is -2.02. The van der Waals surface area contributed by atoms with Crippen LogP contribution in [0.4, 0.5) is 0 Å². The molecule has 0 bridgehead atoms. The van der Waals surface area contributed by atoms with Gasteiger partial charge in [-0.25, -0.2) is 0 Å². The summed E-state index contributed by atoms with van der Waals surface area (Å²) in [6.07, 6.45) is 1.57. The highest BCUT2D eigenvalue weighted by atomic mass is 16.3. The Labute approximate surface area is 102 Å². The molecule has 0 heterocycles. The van der Waals surface area contributed by atoms with E-state index in [-0.39, 0.29) is 0 Å². The van der Waals surface area contributed by atoms with Crippen LogP contribution in [0.25, 0.3) is 0 Å². The maximum absolute atomic E-state index is 10.5. The van der Waals surface area contributed by atoms with Crippen molar-refractivity contribution < 1.29 is 5.11 Å². The summed E-state index contributed by atoms with van der Waals surface area (Å²) in [7, 11) is 0. The zero-order valence-corrected chi connectivity index (χ0v) is 9.98. The summed E-state index contributed by atoms with van der Waals surface area (Å²) in [5.41, 5.74) is 5.96. The molecule has 1 heteroatoms. The van der Waals surface area contributed by atoms with Gasteiger partial charge in [0.05, 0.1) is 0 Å². The average Bonchev–Trinajstić information content (AvgIpc) is 2.48. The molecule has 1 nitrogen and oxygen atoms in total. The Kier molecular flexibility index (Phi) is 2.49. The molecular formula is C16H16O. The Bertz CT molecular complexity index is 557. The van der Waals surface area contributed by atoms with E-state index in [0.717, 1.165) is 24.0 Å². The van der Waals surface area contributed by atoms with Crippen LogP contribution < -0.4 is 0 Å². The number of hydrogen-bond donors (Lipinski definition) is 1. The third-order valence-electron chi connectivity index (χ3n) is 3.61. The van der Waals surface area contributed by atoms with Crippen LogP contribution in [0, 0.1) is 6.92 Å². The van der Waals surface area contributed by atoms with E-state index in [4.69, 9.17) is 0 Å². The third-order valence-corrected chi connectivity index (χ3v) is 3.61. The number of rotatable bonds is 0. The number of aliphatic hydroxyl groups excluding tert-OH is 1. The molecule has 0 amide bonds. The van der Waals surface area contributed by atoms with Crippen LogP contribution in [0.1, 0.15) is 33.9 Å². The van der Waals surface area contributed by atoms with Gasteiger partial charge in [0.25, 0.3) is 0 Å². The van der Waals surface area contributed by atoms with Crippen LogP contribution in [-0.4, -0.2) is 5.11 Å². The number of aliphatic hydroxyl groups is 1. The van der Waals surface area contributed by atoms with Gasteiger partial charge in [0, 0.05) is 0 Å². The van der Waals surface area contributed by atoms with Crippen molar-refractivity contribution >= 4 is 0 Å². The largest absolute Gasteiger partial charge is 0.384 e. The van der Waals surface area contributed by atoms with Gasteiger partial charge in [-0.2, -0.15) is 0 Å². The molecule has 3 rings (SSSR count). The normalized spacial score (nSPS) is 18.1. The summed E-state index contributed by atoms with van der Waals surface area (Å²) in [5.74, 6) is 0. The summed E-state index contributed by atoms with van der Waals surface area (Å²) in [6, 6.07) is 14.6. The Morgan fingerprint density at radius 3 is 2.53 bits per heavy atom. The van der Waals surface area contributed by atoms with E-state index in [0.29, 0.717) is 0 Å². The van der Waals surface area contributed by atoms with E-state index in [1.54, 1.807) is 0 Å². The van der Waals surface area contributed by atoms with Gasteiger partial charge in [-0.15, -0.1) is 0 Å². The van der Waals surface area contributed by atoms with Gasteiger partial charge >= 0.3 is 0 Å². The number of aryl methyl sites for hydroxylation is 3.